The molecule has 3 aromatic rings. The molecule has 1 N–H and O–H groups in total. The number of carbonyl (C=O) groups is 1. The lowest BCUT2D eigenvalue weighted by Crippen LogP contribution is -1.97. The summed E-state index contributed by atoms with van der Waals surface area (Å²) >= 11 is 1.26. The molecule has 0 bridgehead atoms. The van der Waals surface area contributed by atoms with Crippen LogP contribution in [-0.4, -0.2) is 20.7 Å². The Labute approximate surface area is 94.3 Å². The summed E-state index contributed by atoms with van der Waals surface area (Å²) in [5.74, 6) is -0.970. The molecule has 2 aromatic carbocycles. The number of fused-ring (bicyclic) bond motifs is 3. The molecule has 0 saturated heterocycles. The van der Waals surface area contributed by atoms with Crippen molar-refractivity contribution in [3.05, 3.63) is 35.9 Å². The molecule has 5 heteroatoms. The highest BCUT2D eigenvalue weighted by atomic mass is 32.1. The zero-order valence-electron chi connectivity index (χ0n) is 7.97. The SMILES string of the molecule is O=C(O)c1cc2nnsc2c2ccc[c]c12. The third-order valence-corrected chi connectivity index (χ3v) is 3.17. The van der Waals surface area contributed by atoms with Gasteiger partial charge in [0, 0.05) is 10.8 Å². The first-order valence-electron chi connectivity index (χ1n) is 4.56. The van der Waals surface area contributed by atoms with E-state index < -0.39 is 5.97 Å². The van der Waals surface area contributed by atoms with E-state index in [1.807, 2.05) is 12.1 Å². The van der Waals surface area contributed by atoms with Crippen LogP contribution >= 0.6 is 11.5 Å². The molecule has 0 unspecified atom stereocenters. The number of rotatable bonds is 1. The summed E-state index contributed by atoms with van der Waals surface area (Å²) in [7, 11) is 0. The molecule has 3 rings (SSSR count). The van der Waals surface area contributed by atoms with Crippen molar-refractivity contribution in [2.24, 2.45) is 0 Å². The van der Waals surface area contributed by atoms with Gasteiger partial charge in [-0.2, -0.15) is 0 Å². The van der Waals surface area contributed by atoms with E-state index in [2.05, 4.69) is 15.7 Å². The Morgan fingerprint density at radius 3 is 3.19 bits per heavy atom. The second-order valence-electron chi connectivity index (χ2n) is 3.31. The quantitative estimate of drug-likeness (QED) is 0.695. The van der Waals surface area contributed by atoms with Crippen LogP contribution in [-0.2, 0) is 0 Å². The number of aromatic carboxylic acids is 1. The zero-order chi connectivity index (χ0) is 11.1. The summed E-state index contributed by atoms with van der Waals surface area (Å²) in [6, 6.07) is 9.89. The first kappa shape index (κ1) is 9.23. The van der Waals surface area contributed by atoms with E-state index in [4.69, 9.17) is 5.11 Å². The summed E-state index contributed by atoms with van der Waals surface area (Å²) in [6.45, 7) is 0. The maximum Gasteiger partial charge on any atom is 0.336 e. The Morgan fingerprint density at radius 1 is 1.50 bits per heavy atom. The smallest absolute Gasteiger partial charge is 0.336 e. The molecule has 1 heterocycles. The third kappa shape index (κ3) is 1.18. The van der Waals surface area contributed by atoms with Crippen LogP contribution in [0.15, 0.2) is 24.3 Å². The predicted molar refractivity (Wildman–Crippen MR) is 60.7 cm³/mol. The van der Waals surface area contributed by atoms with E-state index in [1.165, 1.54) is 11.5 Å². The van der Waals surface area contributed by atoms with Crippen LogP contribution in [0, 0.1) is 6.07 Å². The predicted octanol–water partition coefficient (Wildman–Crippen LogP) is 2.34. The number of carboxylic acids is 1. The van der Waals surface area contributed by atoms with E-state index in [9.17, 15) is 4.79 Å². The van der Waals surface area contributed by atoms with Gasteiger partial charge >= 0.3 is 5.97 Å². The van der Waals surface area contributed by atoms with Crippen LogP contribution in [0.2, 0.25) is 0 Å². The van der Waals surface area contributed by atoms with Gasteiger partial charge in [0.1, 0.15) is 5.52 Å². The summed E-state index contributed by atoms with van der Waals surface area (Å²) in [5.41, 5.74) is 0.838. The number of nitrogens with zero attached hydrogens (tertiary/aromatic N) is 2. The van der Waals surface area contributed by atoms with E-state index in [1.54, 1.807) is 12.1 Å². The van der Waals surface area contributed by atoms with Gasteiger partial charge < -0.3 is 5.11 Å². The van der Waals surface area contributed by atoms with Crippen LogP contribution in [0.1, 0.15) is 10.4 Å². The van der Waals surface area contributed by atoms with Gasteiger partial charge in [0.2, 0.25) is 0 Å². The van der Waals surface area contributed by atoms with Crippen molar-refractivity contribution in [3.63, 3.8) is 0 Å². The van der Waals surface area contributed by atoms with Crippen molar-refractivity contribution in [3.8, 4) is 0 Å². The molecule has 1 radical (unpaired) electrons. The lowest BCUT2D eigenvalue weighted by atomic mass is 10.0. The van der Waals surface area contributed by atoms with Gasteiger partial charge in [-0.15, -0.1) is 5.10 Å². The van der Waals surface area contributed by atoms with E-state index >= 15 is 0 Å². The molecule has 1 aromatic heterocycles. The highest BCUT2D eigenvalue weighted by molar-refractivity contribution is 7.14. The minimum absolute atomic E-state index is 0.218. The Bertz CT molecular complexity index is 705. The van der Waals surface area contributed by atoms with Gasteiger partial charge in [0.25, 0.3) is 0 Å². The molecular weight excluding hydrogens is 224 g/mol. The fourth-order valence-corrected chi connectivity index (χ4v) is 2.38. The standard InChI is InChI=1S/C11H5N2O2S/c14-11(15)8-5-9-10(16-13-12-9)7-4-2-1-3-6(7)8/h1-2,4-5H,(H,14,15). The van der Waals surface area contributed by atoms with Crippen LogP contribution in [0.4, 0.5) is 0 Å². The van der Waals surface area contributed by atoms with Gasteiger partial charge in [-0.3, -0.25) is 0 Å². The molecule has 4 nitrogen and oxygen atoms in total. The molecule has 0 atom stereocenters. The van der Waals surface area contributed by atoms with Gasteiger partial charge in [-0.25, -0.2) is 4.79 Å². The molecule has 0 spiro atoms. The first-order valence-corrected chi connectivity index (χ1v) is 5.33. The van der Waals surface area contributed by atoms with E-state index in [0.29, 0.717) is 10.9 Å². The monoisotopic (exact) mass is 229 g/mol. The average molecular weight is 229 g/mol. The lowest BCUT2D eigenvalue weighted by molar-refractivity contribution is 0.0699. The van der Waals surface area contributed by atoms with Crippen molar-refractivity contribution < 1.29 is 9.90 Å². The van der Waals surface area contributed by atoms with Gasteiger partial charge in [0.15, 0.2) is 0 Å². The topological polar surface area (TPSA) is 63.1 Å². The number of hydrogen-bond donors (Lipinski definition) is 1. The van der Waals surface area contributed by atoms with Gasteiger partial charge in [0.05, 0.1) is 10.3 Å². The Hall–Kier alpha value is -2.01. The summed E-state index contributed by atoms with van der Waals surface area (Å²) in [5, 5.41) is 14.5. The van der Waals surface area contributed by atoms with Crippen molar-refractivity contribution >= 4 is 38.5 Å². The molecule has 0 saturated carbocycles. The third-order valence-electron chi connectivity index (χ3n) is 2.39. The number of carboxylic acid groups (broad SMARTS) is 1. The normalized spacial score (nSPS) is 11.0. The Balaban J connectivity index is 2.60. The number of aromatic nitrogens is 2. The maximum absolute atomic E-state index is 11.1. The van der Waals surface area contributed by atoms with Crippen molar-refractivity contribution in [2.45, 2.75) is 0 Å². The molecular formula is C11H5N2O2S. The molecule has 0 aliphatic heterocycles. The molecule has 16 heavy (non-hydrogen) atoms. The van der Waals surface area contributed by atoms with Crippen LogP contribution in [0.5, 0.6) is 0 Å². The van der Waals surface area contributed by atoms with Gasteiger partial charge in [-0.05, 0) is 23.7 Å². The second kappa shape index (κ2) is 3.24. The lowest BCUT2D eigenvalue weighted by Gasteiger charge is -2.01. The minimum Gasteiger partial charge on any atom is -0.478 e. The summed E-state index contributed by atoms with van der Waals surface area (Å²) < 4.78 is 4.74. The molecule has 0 aliphatic carbocycles. The molecule has 0 fully saturated rings. The van der Waals surface area contributed by atoms with E-state index in [0.717, 1.165) is 10.1 Å². The van der Waals surface area contributed by atoms with Crippen LogP contribution < -0.4 is 0 Å². The largest absolute Gasteiger partial charge is 0.478 e. The van der Waals surface area contributed by atoms with Crippen molar-refractivity contribution in [1.82, 2.24) is 9.59 Å². The maximum atomic E-state index is 11.1. The number of hydrogen-bond acceptors (Lipinski definition) is 4. The van der Waals surface area contributed by atoms with E-state index in [-0.39, 0.29) is 5.56 Å². The van der Waals surface area contributed by atoms with Crippen LogP contribution in [0.3, 0.4) is 0 Å². The Kier molecular flexibility index (Phi) is 1.87. The zero-order valence-corrected chi connectivity index (χ0v) is 8.78. The highest BCUT2D eigenvalue weighted by Gasteiger charge is 2.13. The van der Waals surface area contributed by atoms with Crippen molar-refractivity contribution in [1.29, 1.82) is 0 Å². The van der Waals surface area contributed by atoms with Gasteiger partial charge in [-0.1, -0.05) is 22.7 Å². The number of benzene rings is 2. The summed E-state index contributed by atoms with van der Waals surface area (Å²) in [6.07, 6.45) is 0. The fraction of sp³-hybridized carbons (Fsp3) is 0. The molecule has 77 valence electrons. The highest BCUT2D eigenvalue weighted by Crippen LogP contribution is 2.29. The second-order valence-corrected chi connectivity index (χ2v) is 4.06. The average Bonchev–Trinajstić information content (AvgIpc) is 2.75. The summed E-state index contributed by atoms with van der Waals surface area (Å²) in [4.78, 5) is 11.1. The van der Waals surface area contributed by atoms with Crippen LogP contribution in [0.25, 0.3) is 21.0 Å². The fourth-order valence-electron chi connectivity index (χ4n) is 1.71. The molecule has 0 aliphatic rings. The Morgan fingerprint density at radius 2 is 2.38 bits per heavy atom. The first-order chi connectivity index (χ1) is 7.77. The van der Waals surface area contributed by atoms with Crippen molar-refractivity contribution in [2.75, 3.05) is 0 Å². The molecule has 0 amide bonds. The minimum atomic E-state index is -0.970.